The van der Waals surface area contributed by atoms with E-state index >= 15 is 0 Å². The van der Waals surface area contributed by atoms with E-state index in [9.17, 15) is 9.59 Å². The average molecular weight is 388 g/mol. The molecule has 1 fully saturated rings. The lowest BCUT2D eigenvalue weighted by molar-refractivity contribution is -0.124. The third kappa shape index (κ3) is 4.54. The van der Waals surface area contributed by atoms with Crippen molar-refractivity contribution >= 4 is 23.6 Å². The molecule has 1 N–H and O–H groups in total. The van der Waals surface area contributed by atoms with Crippen molar-refractivity contribution < 1.29 is 14.0 Å². The van der Waals surface area contributed by atoms with Crippen molar-refractivity contribution in [1.82, 2.24) is 15.1 Å². The normalized spacial score (nSPS) is 19.5. The second-order valence-corrected chi connectivity index (χ2v) is 8.04. The monoisotopic (exact) mass is 387 g/mol. The minimum atomic E-state index is -0.508. The third-order valence-electron chi connectivity index (χ3n) is 4.52. The van der Waals surface area contributed by atoms with Gasteiger partial charge in [0.05, 0.1) is 12.5 Å². The Balaban J connectivity index is 1.83. The lowest BCUT2D eigenvalue weighted by Gasteiger charge is -2.28. The summed E-state index contributed by atoms with van der Waals surface area (Å²) in [5, 5.41) is 2.72. The molecule has 144 valence electrons. The summed E-state index contributed by atoms with van der Waals surface area (Å²) in [5.74, 6) is 0.302. The van der Waals surface area contributed by atoms with Crippen LogP contribution in [0.3, 0.4) is 0 Å². The number of amides is 2. The Morgan fingerprint density at radius 3 is 2.63 bits per heavy atom. The van der Waals surface area contributed by atoms with E-state index in [1.165, 1.54) is 0 Å². The number of carbonyl (C=O) groups excluding carboxylic acids is 2. The van der Waals surface area contributed by atoms with Crippen LogP contribution in [0.4, 0.5) is 0 Å². The molecule has 1 aliphatic heterocycles. The zero-order chi connectivity index (χ0) is 19.4. The van der Waals surface area contributed by atoms with Crippen LogP contribution in [0.2, 0.25) is 0 Å². The maximum absolute atomic E-state index is 13.3. The number of hydrogen-bond donors (Lipinski definition) is 1. The van der Waals surface area contributed by atoms with Crippen LogP contribution in [0.25, 0.3) is 0 Å². The summed E-state index contributed by atoms with van der Waals surface area (Å²) >= 11 is 1.58. The van der Waals surface area contributed by atoms with E-state index < -0.39 is 6.04 Å². The van der Waals surface area contributed by atoms with Gasteiger partial charge in [-0.2, -0.15) is 0 Å². The van der Waals surface area contributed by atoms with Gasteiger partial charge in [0.1, 0.15) is 11.4 Å². The molecule has 6 nitrogen and oxygen atoms in total. The van der Waals surface area contributed by atoms with Gasteiger partial charge >= 0.3 is 0 Å². The lowest BCUT2D eigenvalue weighted by Crippen LogP contribution is -2.49. The molecule has 1 saturated heterocycles. The van der Waals surface area contributed by atoms with E-state index in [0.29, 0.717) is 17.9 Å². The topological polar surface area (TPSA) is 65.8 Å². The number of thioether (sulfide) groups is 1. The van der Waals surface area contributed by atoms with Gasteiger partial charge in [0.25, 0.3) is 5.91 Å². The zero-order valence-corrected chi connectivity index (χ0v) is 16.7. The summed E-state index contributed by atoms with van der Waals surface area (Å²) in [6.45, 7) is 3.29. The summed E-state index contributed by atoms with van der Waals surface area (Å²) < 4.78 is 5.21. The molecule has 2 amide bonds. The van der Waals surface area contributed by atoms with Crippen molar-refractivity contribution in [2.75, 3.05) is 32.9 Å². The smallest absolute Gasteiger partial charge is 0.255 e. The minimum absolute atomic E-state index is 0.115. The number of furan rings is 1. The molecule has 7 heteroatoms. The second-order valence-electron chi connectivity index (χ2n) is 6.93. The molecule has 0 radical (unpaired) electrons. The van der Waals surface area contributed by atoms with E-state index in [1.54, 1.807) is 29.2 Å². The van der Waals surface area contributed by atoms with Crippen LogP contribution in [0.5, 0.6) is 0 Å². The highest BCUT2D eigenvalue weighted by molar-refractivity contribution is 7.99. The molecule has 0 saturated carbocycles. The molecular weight excluding hydrogens is 362 g/mol. The van der Waals surface area contributed by atoms with Gasteiger partial charge in [-0.3, -0.25) is 9.59 Å². The standard InChI is InChI=1S/C20H25N3O3S/c1-14-4-6-15(7-5-14)19(25)23-17(18(24)21-9-10-22(2)3)13-27-20(23)16-8-11-26-12-16/h4-8,11-12,17,20H,9-10,13H2,1-3H3,(H,21,24). The predicted molar refractivity (Wildman–Crippen MR) is 107 cm³/mol. The molecule has 2 aromatic rings. The number of aryl methyl sites for hydroxylation is 1. The largest absolute Gasteiger partial charge is 0.472 e. The van der Waals surface area contributed by atoms with Gasteiger partial charge in [-0.05, 0) is 39.2 Å². The number of benzene rings is 1. The molecule has 0 aliphatic carbocycles. The molecule has 0 spiro atoms. The summed E-state index contributed by atoms with van der Waals surface area (Å²) in [6.07, 6.45) is 3.23. The van der Waals surface area contributed by atoms with Crippen LogP contribution in [0.15, 0.2) is 47.3 Å². The first-order chi connectivity index (χ1) is 13.0. The molecule has 3 rings (SSSR count). The first-order valence-electron chi connectivity index (χ1n) is 8.93. The van der Waals surface area contributed by atoms with Gasteiger partial charge in [-0.15, -0.1) is 11.8 Å². The fourth-order valence-corrected chi connectivity index (χ4v) is 4.40. The summed E-state index contributed by atoms with van der Waals surface area (Å²) in [6, 6.07) is 8.79. The third-order valence-corrected chi connectivity index (χ3v) is 5.85. The summed E-state index contributed by atoms with van der Waals surface area (Å²) in [5.41, 5.74) is 2.57. The molecule has 27 heavy (non-hydrogen) atoms. The summed E-state index contributed by atoms with van der Waals surface area (Å²) in [7, 11) is 3.92. The Morgan fingerprint density at radius 1 is 1.26 bits per heavy atom. The molecule has 1 aromatic heterocycles. The van der Waals surface area contributed by atoms with Crippen molar-refractivity contribution in [2.45, 2.75) is 18.3 Å². The van der Waals surface area contributed by atoms with Crippen LogP contribution in [0.1, 0.15) is 26.9 Å². The Labute approximate surface area is 163 Å². The van der Waals surface area contributed by atoms with Gasteiger partial charge in [-0.25, -0.2) is 0 Å². The van der Waals surface area contributed by atoms with Crippen molar-refractivity contribution in [3.63, 3.8) is 0 Å². The fourth-order valence-electron chi connectivity index (χ4n) is 2.99. The van der Waals surface area contributed by atoms with Crippen molar-refractivity contribution in [3.05, 3.63) is 59.5 Å². The van der Waals surface area contributed by atoms with E-state index in [-0.39, 0.29) is 17.2 Å². The molecule has 2 unspecified atom stereocenters. The first kappa shape index (κ1) is 19.5. The van der Waals surface area contributed by atoms with Gasteiger partial charge in [0, 0.05) is 30.0 Å². The SMILES string of the molecule is Cc1ccc(C(=O)N2C(C(=O)NCCN(C)C)CSC2c2ccoc2)cc1. The Morgan fingerprint density at radius 2 is 2.00 bits per heavy atom. The molecule has 2 heterocycles. The number of nitrogens with one attached hydrogen (secondary N) is 1. The van der Waals surface area contributed by atoms with Crippen LogP contribution in [-0.4, -0.2) is 60.6 Å². The number of hydrogen-bond acceptors (Lipinski definition) is 5. The highest BCUT2D eigenvalue weighted by Gasteiger charge is 2.42. The van der Waals surface area contributed by atoms with Gasteiger partial charge in [0.2, 0.25) is 5.91 Å². The number of carbonyl (C=O) groups is 2. The van der Waals surface area contributed by atoms with E-state index in [2.05, 4.69) is 5.32 Å². The number of rotatable bonds is 6. The fraction of sp³-hybridized carbons (Fsp3) is 0.400. The highest BCUT2D eigenvalue weighted by atomic mass is 32.2. The van der Waals surface area contributed by atoms with Crippen molar-refractivity contribution in [3.8, 4) is 0 Å². The molecule has 1 aromatic carbocycles. The van der Waals surface area contributed by atoms with Crippen LogP contribution >= 0.6 is 11.8 Å². The molecule has 2 atom stereocenters. The Hall–Kier alpha value is -2.25. The lowest BCUT2D eigenvalue weighted by atomic mass is 10.1. The zero-order valence-electron chi connectivity index (χ0n) is 15.8. The number of likely N-dealkylation sites (N-methyl/N-ethyl adjacent to an activating group) is 1. The molecule has 1 aliphatic rings. The molecular formula is C20H25N3O3S. The van der Waals surface area contributed by atoms with E-state index in [4.69, 9.17) is 4.42 Å². The Kier molecular flexibility index (Phi) is 6.23. The van der Waals surface area contributed by atoms with Crippen LogP contribution < -0.4 is 5.32 Å². The molecule has 0 bridgehead atoms. The second kappa shape index (κ2) is 8.63. The van der Waals surface area contributed by atoms with Crippen LogP contribution in [-0.2, 0) is 4.79 Å². The maximum Gasteiger partial charge on any atom is 0.255 e. The minimum Gasteiger partial charge on any atom is -0.472 e. The number of nitrogens with zero attached hydrogens (tertiary/aromatic N) is 2. The quantitative estimate of drug-likeness (QED) is 0.825. The summed E-state index contributed by atoms with van der Waals surface area (Å²) in [4.78, 5) is 29.7. The average Bonchev–Trinajstić information content (AvgIpc) is 3.30. The van der Waals surface area contributed by atoms with Crippen molar-refractivity contribution in [1.29, 1.82) is 0 Å². The predicted octanol–water partition coefficient (Wildman–Crippen LogP) is 2.52. The highest BCUT2D eigenvalue weighted by Crippen LogP contribution is 2.42. The van der Waals surface area contributed by atoms with Crippen LogP contribution in [0, 0.1) is 6.92 Å². The first-order valence-corrected chi connectivity index (χ1v) is 9.97. The maximum atomic E-state index is 13.3. The van der Waals surface area contributed by atoms with Gasteiger partial charge < -0.3 is 19.5 Å². The van der Waals surface area contributed by atoms with Gasteiger partial charge in [0.15, 0.2) is 0 Å². The Bertz CT molecular complexity index is 774. The van der Waals surface area contributed by atoms with Crippen molar-refractivity contribution in [2.24, 2.45) is 0 Å². The van der Waals surface area contributed by atoms with Gasteiger partial charge in [-0.1, -0.05) is 17.7 Å². The van der Waals surface area contributed by atoms with E-state index in [1.807, 2.05) is 56.3 Å². The van der Waals surface area contributed by atoms with E-state index in [0.717, 1.165) is 17.7 Å².